The maximum atomic E-state index is 13.7. The molecule has 0 radical (unpaired) electrons. The SMILES string of the molecule is COc1ccccc1S(=O)Cc1c(N)cccc1F. The van der Waals surface area contributed by atoms with Crippen LogP contribution in [0.5, 0.6) is 5.75 Å². The lowest BCUT2D eigenvalue weighted by atomic mass is 10.2. The van der Waals surface area contributed by atoms with Crippen LogP contribution in [0.2, 0.25) is 0 Å². The van der Waals surface area contributed by atoms with E-state index < -0.39 is 16.6 Å². The Balaban J connectivity index is 2.31. The zero-order valence-corrected chi connectivity index (χ0v) is 11.2. The summed E-state index contributed by atoms with van der Waals surface area (Å²) in [6.07, 6.45) is 0. The number of hydrogen-bond donors (Lipinski definition) is 1. The summed E-state index contributed by atoms with van der Waals surface area (Å²) in [5.74, 6) is 0.109. The highest BCUT2D eigenvalue weighted by Gasteiger charge is 2.14. The first-order valence-corrected chi connectivity index (χ1v) is 6.99. The molecule has 3 nitrogen and oxygen atoms in total. The smallest absolute Gasteiger partial charge is 0.134 e. The first-order chi connectivity index (χ1) is 9.13. The van der Waals surface area contributed by atoms with Gasteiger partial charge in [-0.1, -0.05) is 18.2 Å². The van der Waals surface area contributed by atoms with Crippen molar-refractivity contribution >= 4 is 16.5 Å². The van der Waals surface area contributed by atoms with Crippen LogP contribution in [0.3, 0.4) is 0 Å². The fourth-order valence-corrected chi connectivity index (χ4v) is 3.07. The molecule has 0 saturated heterocycles. The van der Waals surface area contributed by atoms with Crippen LogP contribution >= 0.6 is 0 Å². The van der Waals surface area contributed by atoms with Crippen LogP contribution in [-0.2, 0) is 16.6 Å². The lowest BCUT2D eigenvalue weighted by Gasteiger charge is -2.10. The lowest BCUT2D eigenvalue weighted by molar-refractivity contribution is 0.404. The number of rotatable bonds is 4. The Kier molecular flexibility index (Phi) is 4.16. The monoisotopic (exact) mass is 279 g/mol. The van der Waals surface area contributed by atoms with Crippen molar-refractivity contribution in [2.24, 2.45) is 0 Å². The molecule has 0 aliphatic heterocycles. The highest BCUT2D eigenvalue weighted by atomic mass is 32.2. The molecule has 2 aromatic rings. The van der Waals surface area contributed by atoms with E-state index in [1.54, 1.807) is 30.3 Å². The minimum Gasteiger partial charge on any atom is -0.495 e. The van der Waals surface area contributed by atoms with Gasteiger partial charge < -0.3 is 10.5 Å². The van der Waals surface area contributed by atoms with Gasteiger partial charge in [0.05, 0.1) is 28.6 Å². The van der Waals surface area contributed by atoms with Gasteiger partial charge in [0, 0.05) is 11.3 Å². The Morgan fingerprint density at radius 3 is 2.63 bits per heavy atom. The lowest BCUT2D eigenvalue weighted by Crippen LogP contribution is -2.04. The molecule has 0 bridgehead atoms. The molecular weight excluding hydrogens is 265 g/mol. The molecule has 0 heterocycles. The standard InChI is InChI=1S/C14H14FNO2S/c1-18-13-7-2-3-8-14(13)19(17)9-10-11(15)5-4-6-12(10)16/h2-8H,9,16H2,1H3. The molecule has 2 rings (SSSR count). The van der Waals surface area contributed by atoms with E-state index in [1.807, 2.05) is 0 Å². The quantitative estimate of drug-likeness (QED) is 0.875. The Labute approximate surface area is 113 Å². The van der Waals surface area contributed by atoms with Crippen molar-refractivity contribution in [1.29, 1.82) is 0 Å². The van der Waals surface area contributed by atoms with Gasteiger partial charge in [0.25, 0.3) is 0 Å². The first-order valence-electron chi connectivity index (χ1n) is 5.67. The van der Waals surface area contributed by atoms with Crippen LogP contribution in [0.15, 0.2) is 47.4 Å². The van der Waals surface area contributed by atoms with E-state index in [9.17, 15) is 8.60 Å². The van der Waals surface area contributed by atoms with Gasteiger partial charge in [-0.15, -0.1) is 0 Å². The zero-order valence-electron chi connectivity index (χ0n) is 10.4. The summed E-state index contributed by atoms with van der Waals surface area (Å²) in [4.78, 5) is 0.535. The summed E-state index contributed by atoms with van der Waals surface area (Å²) in [6.45, 7) is 0. The summed E-state index contributed by atoms with van der Waals surface area (Å²) >= 11 is 0. The summed E-state index contributed by atoms with van der Waals surface area (Å²) < 4.78 is 31.1. The van der Waals surface area contributed by atoms with Crippen LogP contribution in [0.4, 0.5) is 10.1 Å². The van der Waals surface area contributed by atoms with E-state index >= 15 is 0 Å². The van der Waals surface area contributed by atoms with E-state index in [4.69, 9.17) is 10.5 Å². The second-order valence-corrected chi connectivity index (χ2v) is 5.37. The highest BCUT2D eigenvalue weighted by molar-refractivity contribution is 7.84. The summed E-state index contributed by atoms with van der Waals surface area (Å²) in [7, 11) is 0.0961. The van der Waals surface area contributed by atoms with E-state index in [2.05, 4.69) is 0 Å². The van der Waals surface area contributed by atoms with Crippen LogP contribution < -0.4 is 10.5 Å². The molecule has 2 aromatic carbocycles. The molecule has 0 saturated carbocycles. The normalized spacial score (nSPS) is 12.1. The molecule has 2 N–H and O–H groups in total. The molecule has 1 atom stereocenters. The Morgan fingerprint density at radius 1 is 1.21 bits per heavy atom. The molecule has 0 aliphatic rings. The fraction of sp³-hybridized carbons (Fsp3) is 0.143. The van der Waals surface area contributed by atoms with Gasteiger partial charge in [0.2, 0.25) is 0 Å². The van der Waals surface area contributed by atoms with Gasteiger partial charge in [0.1, 0.15) is 11.6 Å². The largest absolute Gasteiger partial charge is 0.495 e. The van der Waals surface area contributed by atoms with Crippen molar-refractivity contribution in [2.45, 2.75) is 10.6 Å². The van der Waals surface area contributed by atoms with Crippen molar-refractivity contribution in [2.75, 3.05) is 12.8 Å². The molecule has 0 fully saturated rings. The minimum absolute atomic E-state index is 0.0267. The molecule has 0 aromatic heterocycles. The number of nitrogens with two attached hydrogens (primary N) is 1. The topological polar surface area (TPSA) is 52.3 Å². The van der Waals surface area contributed by atoms with Crippen molar-refractivity contribution < 1.29 is 13.3 Å². The van der Waals surface area contributed by atoms with Crippen LogP contribution in [0.1, 0.15) is 5.56 Å². The maximum Gasteiger partial charge on any atom is 0.134 e. The predicted octanol–water partition coefficient (Wildman–Crippen LogP) is 2.72. The summed E-state index contributed by atoms with van der Waals surface area (Å²) in [5, 5.41) is 0. The van der Waals surface area contributed by atoms with Gasteiger partial charge in [-0.05, 0) is 24.3 Å². The number of benzene rings is 2. The van der Waals surface area contributed by atoms with Crippen molar-refractivity contribution in [3.63, 3.8) is 0 Å². The number of halogens is 1. The van der Waals surface area contributed by atoms with Crippen molar-refractivity contribution in [3.05, 3.63) is 53.8 Å². The number of para-hydroxylation sites is 1. The van der Waals surface area contributed by atoms with E-state index in [1.165, 1.54) is 19.2 Å². The third kappa shape index (κ3) is 2.93. The predicted molar refractivity (Wildman–Crippen MR) is 73.9 cm³/mol. The Hall–Kier alpha value is -1.88. The first kappa shape index (κ1) is 13.5. The summed E-state index contributed by atoms with van der Waals surface area (Å²) in [6, 6.07) is 11.4. The second kappa shape index (κ2) is 5.84. The van der Waals surface area contributed by atoms with Gasteiger partial charge in [-0.3, -0.25) is 4.21 Å². The number of ether oxygens (including phenoxy) is 1. The van der Waals surface area contributed by atoms with Gasteiger partial charge in [-0.25, -0.2) is 4.39 Å². The molecule has 0 spiro atoms. The van der Waals surface area contributed by atoms with Gasteiger partial charge >= 0.3 is 0 Å². The third-order valence-corrected chi connectivity index (χ3v) is 4.12. The molecule has 19 heavy (non-hydrogen) atoms. The third-order valence-electron chi connectivity index (χ3n) is 2.74. The molecule has 5 heteroatoms. The number of methoxy groups -OCH3 is 1. The Morgan fingerprint density at radius 2 is 1.95 bits per heavy atom. The van der Waals surface area contributed by atoms with E-state index in [0.29, 0.717) is 16.3 Å². The highest BCUT2D eigenvalue weighted by Crippen LogP contribution is 2.25. The van der Waals surface area contributed by atoms with Crippen LogP contribution in [0, 0.1) is 5.82 Å². The fourth-order valence-electron chi connectivity index (χ4n) is 1.74. The van der Waals surface area contributed by atoms with Crippen LogP contribution in [0.25, 0.3) is 0 Å². The Bertz CT molecular complexity index is 596. The molecule has 1 unspecified atom stereocenters. The van der Waals surface area contributed by atoms with Crippen molar-refractivity contribution in [3.8, 4) is 5.75 Å². The van der Waals surface area contributed by atoms with Gasteiger partial charge in [-0.2, -0.15) is 0 Å². The van der Waals surface area contributed by atoms with E-state index in [0.717, 1.165) is 0 Å². The average molecular weight is 279 g/mol. The summed E-state index contributed by atoms with van der Waals surface area (Å²) in [5.41, 5.74) is 6.29. The van der Waals surface area contributed by atoms with Crippen molar-refractivity contribution in [1.82, 2.24) is 0 Å². The maximum absolute atomic E-state index is 13.7. The number of hydrogen-bond acceptors (Lipinski definition) is 3. The van der Waals surface area contributed by atoms with E-state index in [-0.39, 0.29) is 11.3 Å². The molecule has 100 valence electrons. The minimum atomic E-state index is -1.41. The zero-order chi connectivity index (χ0) is 13.8. The van der Waals surface area contributed by atoms with Crippen LogP contribution in [-0.4, -0.2) is 11.3 Å². The molecule has 0 aliphatic carbocycles. The molecular formula is C14H14FNO2S. The van der Waals surface area contributed by atoms with Gasteiger partial charge in [0.15, 0.2) is 0 Å². The molecule has 0 amide bonds. The number of anilines is 1. The second-order valence-electron chi connectivity index (χ2n) is 3.95. The average Bonchev–Trinajstić information content (AvgIpc) is 2.42. The number of nitrogen functional groups attached to an aromatic ring is 1.